The van der Waals surface area contributed by atoms with Crippen LogP contribution in [0.2, 0.25) is 0 Å². The molecule has 0 aliphatic heterocycles. The monoisotopic (exact) mass is 356 g/mol. The molecule has 0 saturated heterocycles. The Morgan fingerprint density at radius 1 is 0.808 bits per heavy atom. The number of rotatable bonds is 4. The Kier molecular flexibility index (Phi) is 4.55. The highest BCUT2D eigenvalue weighted by Crippen LogP contribution is 2.41. The highest BCUT2D eigenvalue weighted by Gasteiger charge is 2.16. The lowest BCUT2D eigenvalue weighted by Crippen LogP contribution is -1.89. The van der Waals surface area contributed by atoms with Crippen LogP contribution in [0.15, 0.2) is 78.9 Å². The molecular formula is C23H20N2S. The number of thiazole rings is 1. The Bertz CT molecular complexity index is 1020. The Balaban J connectivity index is 1.84. The van der Waals surface area contributed by atoms with Gasteiger partial charge in [-0.3, -0.25) is 0 Å². The van der Waals surface area contributed by atoms with Crippen LogP contribution in [0.3, 0.4) is 0 Å². The minimum Gasteiger partial charge on any atom is -0.332 e. The van der Waals surface area contributed by atoms with Crippen LogP contribution in [-0.2, 0) is 0 Å². The third-order valence-corrected chi connectivity index (χ3v) is 5.34. The van der Waals surface area contributed by atoms with Crippen LogP contribution >= 0.6 is 11.3 Å². The van der Waals surface area contributed by atoms with Crippen LogP contribution in [0.25, 0.3) is 21.7 Å². The average molecular weight is 356 g/mol. The highest BCUT2D eigenvalue weighted by molar-refractivity contribution is 7.19. The van der Waals surface area contributed by atoms with Gasteiger partial charge in [-0.05, 0) is 37.1 Å². The number of hydrogen-bond donors (Lipinski definition) is 1. The van der Waals surface area contributed by atoms with Crippen molar-refractivity contribution in [3.63, 3.8) is 0 Å². The van der Waals surface area contributed by atoms with Gasteiger partial charge >= 0.3 is 0 Å². The van der Waals surface area contributed by atoms with Gasteiger partial charge in [-0.1, -0.05) is 83.6 Å². The van der Waals surface area contributed by atoms with Crippen molar-refractivity contribution in [2.24, 2.45) is 0 Å². The standard InChI is InChI=1S/C23H20N2S/c1-16-13-14-17(2)20(15-16)22-21(18-9-5-3-6-10-18)25-23(26-22)24-19-11-7-4-8-12-19/h3-15H,1-2H3,(H,24,25). The molecule has 1 heterocycles. The second-order valence-corrected chi connectivity index (χ2v) is 7.37. The molecule has 1 N–H and O–H groups in total. The van der Waals surface area contributed by atoms with Crippen molar-refractivity contribution in [2.45, 2.75) is 13.8 Å². The van der Waals surface area contributed by atoms with E-state index in [1.807, 2.05) is 24.3 Å². The Hall–Kier alpha value is -2.91. The lowest BCUT2D eigenvalue weighted by Gasteiger charge is -2.07. The van der Waals surface area contributed by atoms with Crippen molar-refractivity contribution >= 4 is 22.2 Å². The summed E-state index contributed by atoms with van der Waals surface area (Å²) in [5.74, 6) is 0. The minimum atomic E-state index is 0.908. The largest absolute Gasteiger partial charge is 0.332 e. The summed E-state index contributed by atoms with van der Waals surface area (Å²) in [6, 6.07) is 27.2. The van der Waals surface area contributed by atoms with E-state index in [4.69, 9.17) is 4.98 Å². The second kappa shape index (κ2) is 7.14. The first kappa shape index (κ1) is 16.6. The van der Waals surface area contributed by atoms with Crippen LogP contribution in [0, 0.1) is 13.8 Å². The smallest absolute Gasteiger partial charge is 0.188 e. The lowest BCUT2D eigenvalue weighted by atomic mass is 10.0. The lowest BCUT2D eigenvalue weighted by molar-refractivity contribution is 1.37. The molecule has 1 aromatic heterocycles. The van der Waals surface area contributed by atoms with Crippen LogP contribution in [0.5, 0.6) is 0 Å². The molecule has 0 spiro atoms. The normalized spacial score (nSPS) is 10.7. The molecule has 0 aliphatic carbocycles. The van der Waals surface area contributed by atoms with Gasteiger partial charge in [0.15, 0.2) is 5.13 Å². The zero-order valence-corrected chi connectivity index (χ0v) is 15.7. The average Bonchev–Trinajstić information content (AvgIpc) is 3.09. The number of para-hydroxylation sites is 1. The van der Waals surface area contributed by atoms with E-state index >= 15 is 0 Å². The van der Waals surface area contributed by atoms with Gasteiger partial charge in [0.1, 0.15) is 0 Å². The molecule has 2 nitrogen and oxygen atoms in total. The van der Waals surface area contributed by atoms with Gasteiger partial charge in [0.2, 0.25) is 0 Å². The fourth-order valence-electron chi connectivity index (χ4n) is 2.97. The SMILES string of the molecule is Cc1ccc(C)c(-c2sc(Nc3ccccc3)nc2-c2ccccc2)c1. The summed E-state index contributed by atoms with van der Waals surface area (Å²) in [6.07, 6.45) is 0. The third-order valence-electron chi connectivity index (χ3n) is 4.34. The quantitative estimate of drug-likeness (QED) is 0.433. The topological polar surface area (TPSA) is 24.9 Å². The Morgan fingerprint density at radius 3 is 2.23 bits per heavy atom. The van der Waals surface area contributed by atoms with E-state index in [0.717, 1.165) is 22.1 Å². The van der Waals surface area contributed by atoms with Gasteiger partial charge in [-0.15, -0.1) is 0 Å². The predicted octanol–water partition coefficient (Wildman–Crippen LogP) is 6.84. The van der Waals surface area contributed by atoms with Crippen molar-refractivity contribution in [3.8, 4) is 21.7 Å². The molecule has 0 atom stereocenters. The molecule has 0 saturated carbocycles. The summed E-state index contributed by atoms with van der Waals surface area (Å²) in [5, 5.41) is 4.35. The highest BCUT2D eigenvalue weighted by atomic mass is 32.1. The molecule has 26 heavy (non-hydrogen) atoms. The molecule has 3 aromatic carbocycles. The number of aromatic nitrogens is 1. The first-order valence-corrected chi connectivity index (χ1v) is 9.48. The molecule has 3 heteroatoms. The maximum Gasteiger partial charge on any atom is 0.188 e. The first-order valence-electron chi connectivity index (χ1n) is 8.66. The van der Waals surface area contributed by atoms with E-state index < -0.39 is 0 Å². The van der Waals surface area contributed by atoms with E-state index in [0.29, 0.717) is 0 Å². The number of aryl methyl sites for hydroxylation is 2. The van der Waals surface area contributed by atoms with Gasteiger partial charge in [-0.25, -0.2) is 4.98 Å². The van der Waals surface area contributed by atoms with Crippen LogP contribution in [0.1, 0.15) is 11.1 Å². The molecule has 0 amide bonds. The summed E-state index contributed by atoms with van der Waals surface area (Å²) < 4.78 is 0. The number of nitrogens with one attached hydrogen (secondary N) is 1. The maximum atomic E-state index is 4.93. The third kappa shape index (κ3) is 3.39. The fourth-order valence-corrected chi connectivity index (χ4v) is 4.06. The molecule has 4 aromatic rings. The summed E-state index contributed by atoms with van der Waals surface area (Å²) >= 11 is 1.70. The van der Waals surface area contributed by atoms with Gasteiger partial charge < -0.3 is 5.32 Å². The molecule has 0 radical (unpaired) electrons. The summed E-state index contributed by atoms with van der Waals surface area (Å²) in [6.45, 7) is 4.29. The number of anilines is 2. The van der Waals surface area contributed by atoms with E-state index in [1.54, 1.807) is 11.3 Å². The fraction of sp³-hybridized carbons (Fsp3) is 0.0870. The molecule has 0 aliphatic rings. The molecule has 128 valence electrons. The van der Waals surface area contributed by atoms with Crippen molar-refractivity contribution < 1.29 is 0 Å². The first-order chi connectivity index (χ1) is 12.7. The molecular weight excluding hydrogens is 336 g/mol. The van der Waals surface area contributed by atoms with Crippen LogP contribution in [0.4, 0.5) is 10.8 Å². The molecule has 0 fully saturated rings. The van der Waals surface area contributed by atoms with Crippen LogP contribution in [-0.4, -0.2) is 4.98 Å². The van der Waals surface area contributed by atoms with Gasteiger partial charge in [0.25, 0.3) is 0 Å². The van der Waals surface area contributed by atoms with Gasteiger partial charge in [-0.2, -0.15) is 0 Å². The predicted molar refractivity (Wildman–Crippen MR) is 112 cm³/mol. The zero-order chi connectivity index (χ0) is 17.9. The van der Waals surface area contributed by atoms with E-state index in [2.05, 4.69) is 73.8 Å². The van der Waals surface area contributed by atoms with E-state index in [1.165, 1.54) is 21.6 Å². The number of nitrogens with zero attached hydrogens (tertiary/aromatic N) is 1. The summed E-state index contributed by atoms with van der Waals surface area (Å²) in [5.41, 5.74) is 7.00. The van der Waals surface area contributed by atoms with E-state index in [-0.39, 0.29) is 0 Å². The molecule has 0 unspecified atom stereocenters. The second-order valence-electron chi connectivity index (χ2n) is 6.37. The van der Waals surface area contributed by atoms with Crippen molar-refractivity contribution in [2.75, 3.05) is 5.32 Å². The van der Waals surface area contributed by atoms with Gasteiger partial charge in [0, 0.05) is 11.3 Å². The van der Waals surface area contributed by atoms with Crippen LogP contribution < -0.4 is 5.32 Å². The van der Waals surface area contributed by atoms with Crippen molar-refractivity contribution in [3.05, 3.63) is 90.0 Å². The molecule has 0 bridgehead atoms. The minimum absolute atomic E-state index is 0.908. The Morgan fingerprint density at radius 2 is 1.50 bits per heavy atom. The summed E-state index contributed by atoms with van der Waals surface area (Å²) in [4.78, 5) is 6.13. The van der Waals surface area contributed by atoms with E-state index in [9.17, 15) is 0 Å². The number of hydrogen-bond acceptors (Lipinski definition) is 3. The molecule has 4 rings (SSSR count). The Labute approximate surface area is 158 Å². The summed E-state index contributed by atoms with van der Waals surface area (Å²) in [7, 11) is 0. The maximum absolute atomic E-state index is 4.93. The number of benzene rings is 3. The zero-order valence-electron chi connectivity index (χ0n) is 14.9. The van der Waals surface area contributed by atoms with Crippen molar-refractivity contribution in [1.29, 1.82) is 0 Å². The van der Waals surface area contributed by atoms with Gasteiger partial charge in [0.05, 0.1) is 10.6 Å². The van der Waals surface area contributed by atoms with Crippen molar-refractivity contribution in [1.82, 2.24) is 4.98 Å².